The van der Waals surface area contributed by atoms with E-state index in [0.29, 0.717) is 6.61 Å². The summed E-state index contributed by atoms with van der Waals surface area (Å²) in [5.41, 5.74) is 0. The van der Waals surface area contributed by atoms with Crippen LogP contribution in [0.15, 0.2) is 17.5 Å². The summed E-state index contributed by atoms with van der Waals surface area (Å²) in [5, 5.41) is 5.60. The van der Waals surface area contributed by atoms with Crippen LogP contribution in [0.4, 0.5) is 0 Å². The highest BCUT2D eigenvalue weighted by molar-refractivity contribution is 7.10. The molecule has 2 aliphatic rings. The van der Waals surface area contributed by atoms with Crippen molar-refractivity contribution in [1.82, 2.24) is 10.2 Å². The van der Waals surface area contributed by atoms with Crippen LogP contribution in [-0.4, -0.2) is 36.1 Å². The summed E-state index contributed by atoms with van der Waals surface area (Å²) in [6, 6.07) is 4.35. The van der Waals surface area contributed by atoms with Gasteiger partial charge in [-0.15, -0.1) is 11.3 Å². The highest BCUT2D eigenvalue weighted by Gasteiger charge is 2.43. The summed E-state index contributed by atoms with van der Waals surface area (Å²) >= 11 is 1.71. The van der Waals surface area contributed by atoms with Gasteiger partial charge in [-0.1, -0.05) is 19.4 Å². The van der Waals surface area contributed by atoms with E-state index in [1.165, 1.54) is 4.88 Å². The first-order chi connectivity index (χ1) is 9.81. The topological polar surface area (TPSA) is 41.6 Å². The quantitative estimate of drug-likeness (QED) is 0.928. The lowest BCUT2D eigenvalue weighted by atomic mass is 10.1. The van der Waals surface area contributed by atoms with Crippen LogP contribution in [0, 0.1) is 0 Å². The van der Waals surface area contributed by atoms with Gasteiger partial charge < -0.3 is 9.64 Å². The Kier molecular flexibility index (Phi) is 4.38. The smallest absolute Gasteiger partial charge is 0.241 e. The maximum Gasteiger partial charge on any atom is 0.241 e. The molecular formula is C15H22N2O2S. The fraction of sp³-hybridized carbons (Fsp3) is 0.667. The molecule has 2 saturated heterocycles. The third-order valence-electron chi connectivity index (χ3n) is 4.11. The third kappa shape index (κ3) is 2.62. The van der Waals surface area contributed by atoms with E-state index in [0.717, 1.165) is 32.3 Å². The fourth-order valence-electron chi connectivity index (χ4n) is 3.14. The lowest BCUT2D eigenvalue weighted by molar-refractivity contribution is -0.135. The number of hydrogen-bond donors (Lipinski definition) is 1. The molecule has 1 amide bonds. The number of hydrogen-bond acceptors (Lipinski definition) is 4. The van der Waals surface area contributed by atoms with Crippen LogP contribution in [0.2, 0.25) is 0 Å². The Balaban J connectivity index is 1.83. The normalized spacial score (nSPS) is 30.9. The number of carbonyl (C=O) groups excluding carboxylic acids is 1. The molecule has 110 valence electrons. The van der Waals surface area contributed by atoms with E-state index in [1.807, 2.05) is 4.90 Å². The molecule has 0 aliphatic carbocycles. The van der Waals surface area contributed by atoms with Crippen molar-refractivity contribution in [1.29, 1.82) is 0 Å². The zero-order chi connectivity index (χ0) is 13.9. The zero-order valence-corrected chi connectivity index (χ0v) is 12.7. The summed E-state index contributed by atoms with van der Waals surface area (Å²) in [5.74, 6) is 0.251. The van der Waals surface area contributed by atoms with Gasteiger partial charge in [0.2, 0.25) is 5.91 Å². The van der Waals surface area contributed by atoms with Crippen LogP contribution in [0.3, 0.4) is 0 Å². The average molecular weight is 294 g/mol. The van der Waals surface area contributed by atoms with Crippen molar-refractivity contribution in [2.45, 2.75) is 50.9 Å². The van der Waals surface area contributed by atoms with Gasteiger partial charge >= 0.3 is 0 Å². The minimum absolute atomic E-state index is 0.0331. The van der Waals surface area contributed by atoms with Gasteiger partial charge in [0.15, 0.2) is 0 Å². The maximum atomic E-state index is 12.7. The number of nitrogens with one attached hydrogen (secondary N) is 1. The van der Waals surface area contributed by atoms with E-state index in [2.05, 4.69) is 29.8 Å². The summed E-state index contributed by atoms with van der Waals surface area (Å²) in [4.78, 5) is 16.0. The number of carbonyl (C=O) groups is 1. The molecule has 3 heterocycles. The minimum atomic E-state index is -0.0333. The molecule has 0 aromatic carbocycles. The van der Waals surface area contributed by atoms with Crippen molar-refractivity contribution >= 4 is 17.2 Å². The molecule has 1 N–H and O–H groups in total. The largest absolute Gasteiger partial charge is 0.379 e. The van der Waals surface area contributed by atoms with Crippen molar-refractivity contribution < 1.29 is 9.53 Å². The van der Waals surface area contributed by atoms with Crippen LogP contribution in [0.1, 0.15) is 43.6 Å². The van der Waals surface area contributed by atoms with E-state index in [1.54, 1.807) is 11.3 Å². The van der Waals surface area contributed by atoms with Gasteiger partial charge in [0.05, 0.1) is 18.7 Å². The average Bonchev–Trinajstić information content (AvgIpc) is 3.09. The van der Waals surface area contributed by atoms with E-state index in [9.17, 15) is 4.79 Å². The van der Waals surface area contributed by atoms with Crippen molar-refractivity contribution in [3.05, 3.63) is 22.4 Å². The number of nitrogens with zero attached hydrogens (tertiary/aromatic N) is 1. The summed E-state index contributed by atoms with van der Waals surface area (Å²) < 4.78 is 5.59. The van der Waals surface area contributed by atoms with Gasteiger partial charge in [-0.2, -0.15) is 0 Å². The molecule has 3 atom stereocenters. The standard InChI is InChI=1S/C15H22N2O2S/c1-2-5-12-15(18)17(11-6-3-8-19-10-11)14(16-12)13-7-4-9-20-13/h4,7,9,11-12,14,16H,2-3,5-6,8,10H2,1H3. The Hall–Kier alpha value is -0.910. The van der Waals surface area contributed by atoms with Crippen molar-refractivity contribution in [2.75, 3.05) is 13.2 Å². The fourth-order valence-corrected chi connectivity index (χ4v) is 3.93. The van der Waals surface area contributed by atoms with Gasteiger partial charge in [-0.25, -0.2) is 0 Å². The molecular weight excluding hydrogens is 272 g/mol. The monoisotopic (exact) mass is 294 g/mol. The number of ether oxygens (including phenoxy) is 1. The van der Waals surface area contributed by atoms with Crippen molar-refractivity contribution in [3.8, 4) is 0 Å². The molecule has 2 fully saturated rings. The van der Waals surface area contributed by atoms with Crippen LogP contribution in [0.25, 0.3) is 0 Å². The third-order valence-corrected chi connectivity index (χ3v) is 5.03. The van der Waals surface area contributed by atoms with E-state index < -0.39 is 0 Å². The number of thiophene rings is 1. The Morgan fingerprint density at radius 3 is 3.10 bits per heavy atom. The lowest BCUT2D eigenvalue weighted by Crippen LogP contribution is -2.44. The predicted octanol–water partition coefficient (Wildman–Crippen LogP) is 2.53. The summed E-state index contributed by atoms with van der Waals surface area (Å²) in [7, 11) is 0. The molecule has 1 aromatic heterocycles. The Labute approximate surface area is 124 Å². The van der Waals surface area contributed by atoms with Gasteiger partial charge in [-0.05, 0) is 30.7 Å². The molecule has 20 heavy (non-hydrogen) atoms. The van der Waals surface area contributed by atoms with Gasteiger partial charge in [0, 0.05) is 11.5 Å². The van der Waals surface area contributed by atoms with Crippen LogP contribution in [0.5, 0.6) is 0 Å². The first-order valence-corrected chi connectivity index (χ1v) is 8.38. The Morgan fingerprint density at radius 1 is 1.55 bits per heavy atom. The van der Waals surface area contributed by atoms with Gasteiger partial charge in [0.1, 0.15) is 6.17 Å². The second-order valence-electron chi connectivity index (χ2n) is 5.54. The van der Waals surface area contributed by atoms with Crippen molar-refractivity contribution in [2.24, 2.45) is 0 Å². The molecule has 3 rings (SSSR count). The minimum Gasteiger partial charge on any atom is -0.379 e. The second-order valence-corrected chi connectivity index (χ2v) is 6.52. The first-order valence-electron chi connectivity index (χ1n) is 7.50. The molecule has 1 aromatic rings. The van der Waals surface area contributed by atoms with E-state index in [4.69, 9.17) is 4.74 Å². The van der Waals surface area contributed by atoms with E-state index >= 15 is 0 Å². The molecule has 2 aliphatic heterocycles. The highest BCUT2D eigenvalue weighted by atomic mass is 32.1. The van der Waals surface area contributed by atoms with Crippen LogP contribution in [-0.2, 0) is 9.53 Å². The first kappa shape index (κ1) is 14.0. The number of amides is 1. The summed E-state index contributed by atoms with van der Waals surface area (Å²) in [6.45, 7) is 3.63. The predicted molar refractivity (Wildman–Crippen MR) is 79.6 cm³/mol. The van der Waals surface area contributed by atoms with Gasteiger partial charge in [0.25, 0.3) is 0 Å². The van der Waals surface area contributed by atoms with Crippen LogP contribution < -0.4 is 5.32 Å². The molecule has 3 unspecified atom stereocenters. The van der Waals surface area contributed by atoms with Gasteiger partial charge in [-0.3, -0.25) is 10.1 Å². The summed E-state index contributed by atoms with van der Waals surface area (Å²) in [6.07, 6.45) is 4.06. The maximum absolute atomic E-state index is 12.7. The number of rotatable bonds is 4. The molecule has 4 nitrogen and oxygen atoms in total. The molecule has 0 saturated carbocycles. The Morgan fingerprint density at radius 2 is 2.45 bits per heavy atom. The van der Waals surface area contributed by atoms with Crippen molar-refractivity contribution in [3.63, 3.8) is 0 Å². The lowest BCUT2D eigenvalue weighted by Gasteiger charge is -2.34. The molecule has 0 bridgehead atoms. The molecule has 5 heteroatoms. The Bertz CT molecular complexity index is 443. The SMILES string of the molecule is CCCC1NC(c2cccs2)N(C2CCCOC2)C1=O. The second kappa shape index (κ2) is 6.24. The molecule has 0 spiro atoms. The molecule has 0 radical (unpaired) electrons. The zero-order valence-electron chi connectivity index (χ0n) is 11.9. The van der Waals surface area contributed by atoms with E-state index in [-0.39, 0.29) is 24.2 Å². The highest BCUT2D eigenvalue weighted by Crippen LogP contribution is 2.33. The van der Waals surface area contributed by atoms with Crippen LogP contribution >= 0.6 is 11.3 Å².